The van der Waals surface area contributed by atoms with Crippen LogP contribution in [0.3, 0.4) is 0 Å². The lowest BCUT2D eigenvalue weighted by molar-refractivity contribution is -0.121. The Morgan fingerprint density at radius 2 is 2.03 bits per heavy atom. The standard InChI is InChI=1S/C22H35N5O2.HI/c1-23-22(24-12-6-9-21(28)26-18-10-11-18)25-16-20(27-13-3-4-14-27)17-7-5-8-19(15-17)29-2;/h5,7-8,15,18,20H,3-4,6,9-14,16H2,1-2H3,(H,26,28)(H2,23,24,25);1H. The summed E-state index contributed by atoms with van der Waals surface area (Å²) < 4.78 is 5.42. The van der Waals surface area contributed by atoms with E-state index >= 15 is 0 Å². The topological polar surface area (TPSA) is 78.0 Å². The predicted octanol–water partition coefficient (Wildman–Crippen LogP) is 2.67. The molecule has 2 aliphatic rings. The van der Waals surface area contributed by atoms with Crippen LogP contribution in [0.5, 0.6) is 5.75 Å². The van der Waals surface area contributed by atoms with Gasteiger partial charge in [0.25, 0.3) is 0 Å². The van der Waals surface area contributed by atoms with E-state index in [9.17, 15) is 4.79 Å². The van der Waals surface area contributed by atoms with Crippen LogP contribution in [0.25, 0.3) is 0 Å². The van der Waals surface area contributed by atoms with Crippen LogP contribution in [-0.2, 0) is 4.79 Å². The SMILES string of the molecule is CN=C(NCCCC(=O)NC1CC1)NCC(c1cccc(OC)c1)N1CCCC1.I. The number of carbonyl (C=O) groups is 1. The average molecular weight is 529 g/mol. The highest BCUT2D eigenvalue weighted by Crippen LogP contribution is 2.27. The maximum absolute atomic E-state index is 11.8. The molecule has 1 saturated carbocycles. The van der Waals surface area contributed by atoms with E-state index in [1.807, 2.05) is 6.07 Å². The molecule has 0 bridgehead atoms. The second-order valence-corrected chi connectivity index (χ2v) is 7.86. The maximum atomic E-state index is 11.8. The molecule has 1 saturated heterocycles. The molecule has 168 valence electrons. The number of hydrogen-bond acceptors (Lipinski definition) is 4. The van der Waals surface area contributed by atoms with Crippen molar-refractivity contribution < 1.29 is 9.53 Å². The third-order valence-electron chi connectivity index (χ3n) is 5.56. The number of carbonyl (C=O) groups excluding carboxylic acids is 1. The quantitative estimate of drug-likeness (QED) is 0.188. The first-order valence-corrected chi connectivity index (χ1v) is 10.8. The fourth-order valence-corrected chi connectivity index (χ4v) is 3.76. The van der Waals surface area contributed by atoms with Crippen LogP contribution in [0.2, 0.25) is 0 Å². The molecule has 0 spiro atoms. The predicted molar refractivity (Wildman–Crippen MR) is 132 cm³/mol. The Morgan fingerprint density at radius 3 is 2.70 bits per heavy atom. The fraction of sp³-hybridized carbons (Fsp3) is 0.636. The molecule has 8 heteroatoms. The van der Waals surface area contributed by atoms with E-state index in [0.717, 1.165) is 57.2 Å². The number of benzene rings is 1. The molecular formula is C22H36IN5O2. The van der Waals surface area contributed by atoms with Crippen LogP contribution < -0.4 is 20.7 Å². The molecule has 0 radical (unpaired) electrons. The molecule has 1 atom stereocenters. The highest BCUT2D eigenvalue weighted by Gasteiger charge is 2.24. The van der Waals surface area contributed by atoms with Gasteiger partial charge in [-0.05, 0) is 62.9 Å². The monoisotopic (exact) mass is 529 g/mol. The lowest BCUT2D eigenvalue weighted by Crippen LogP contribution is -2.43. The van der Waals surface area contributed by atoms with Gasteiger partial charge in [0.2, 0.25) is 5.91 Å². The molecule has 1 aromatic carbocycles. The molecular weight excluding hydrogens is 493 g/mol. The minimum absolute atomic E-state index is 0. The molecule has 1 amide bonds. The van der Waals surface area contributed by atoms with Crippen molar-refractivity contribution in [3.8, 4) is 5.75 Å². The summed E-state index contributed by atoms with van der Waals surface area (Å²) in [5, 5.41) is 9.82. The van der Waals surface area contributed by atoms with Crippen LogP contribution in [0.15, 0.2) is 29.3 Å². The maximum Gasteiger partial charge on any atom is 0.220 e. The second kappa shape index (κ2) is 13.0. The van der Waals surface area contributed by atoms with Crippen LogP contribution in [0.4, 0.5) is 0 Å². The third-order valence-corrected chi connectivity index (χ3v) is 5.56. The summed E-state index contributed by atoms with van der Waals surface area (Å²) in [6, 6.07) is 9.04. The van der Waals surface area contributed by atoms with Crippen molar-refractivity contribution in [3.63, 3.8) is 0 Å². The van der Waals surface area contributed by atoms with Crippen LogP contribution in [0, 0.1) is 0 Å². The smallest absolute Gasteiger partial charge is 0.220 e. The van der Waals surface area contributed by atoms with Crippen LogP contribution in [-0.4, -0.2) is 63.1 Å². The van der Waals surface area contributed by atoms with E-state index in [2.05, 4.69) is 44.0 Å². The van der Waals surface area contributed by atoms with E-state index in [-0.39, 0.29) is 35.9 Å². The van der Waals surface area contributed by atoms with Crippen molar-refractivity contribution in [1.29, 1.82) is 0 Å². The van der Waals surface area contributed by atoms with Crippen molar-refractivity contribution in [3.05, 3.63) is 29.8 Å². The number of amides is 1. The summed E-state index contributed by atoms with van der Waals surface area (Å²) >= 11 is 0. The minimum Gasteiger partial charge on any atom is -0.497 e. The molecule has 1 aliphatic carbocycles. The first-order chi connectivity index (χ1) is 14.2. The van der Waals surface area contributed by atoms with E-state index in [1.165, 1.54) is 18.4 Å². The Labute approximate surface area is 197 Å². The van der Waals surface area contributed by atoms with Crippen LogP contribution in [0.1, 0.15) is 50.1 Å². The number of rotatable bonds is 10. The van der Waals surface area contributed by atoms with Gasteiger partial charge in [0.15, 0.2) is 5.96 Å². The van der Waals surface area contributed by atoms with Gasteiger partial charge in [-0.3, -0.25) is 14.7 Å². The Morgan fingerprint density at radius 1 is 1.27 bits per heavy atom. The number of nitrogens with zero attached hydrogens (tertiary/aromatic N) is 2. The summed E-state index contributed by atoms with van der Waals surface area (Å²) in [4.78, 5) is 18.6. The Bertz CT molecular complexity index is 690. The van der Waals surface area contributed by atoms with Gasteiger partial charge < -0.3 is 20.7 Å². The summed E-state index contributed by atoms with van der Waals surface area (Å²) in [7, 11) is 3.49. The van der Waals surface area contributed by atoms with Gasteiger partial charge in [-0.2, -0.15) is 0 Å². The highest BCUT2D eigenvalue weighted by molar-refractivity contribution is 14.0. The number of hydrogen-bond donors (Lipinski definition) is 3. The van der Waals surface area contributed by atoms with Crippen molar-refractivity contribution in [1.82, 2.24) is 20.9 Å². The molecule has 30 heavy (non-hydrogen) atoms. The molecule has 0 aromatic heterocycles. The average Bonchev–Trinajstić information content (AvgIpc) is 3.39. The summed E-state index contributed by atoms with van der Waals surface area (Å²) in [5.74, 6) is 1.82. The Hall–Kier alpha value is -1.55. The summed E-state index contributed by atoms with van der Waals surface area (Å²) in [6.45, 7) is 3.73. The van der Waals surface area contributed by atoms with Gasteiger partial charge in [0.1, 0.15) is 5.75 Å². The molecule has 3 N–H and O–H groups in total. The molecule has 2 fully saturated rings. The van der Waals surface area contributed by atoms with E-state index in [4.69, 9.17) is 4.74 Å². The number of halogens is 1. The Kier molecular flexibility index (Phi) is 10.7. The largest absolute Gasteiger partial charge is 0.497 e. The number of likely N-dealkylation sites (tertiary alicyclic amines) is 1. The zero-order valence-electron chi connectivity index (χ0n) is 18.2. The zero-order valence-corrected chi connectivity index (χ0v) is 20.5. The van der Waals surface area contributed by atoms with Gasteiger partial charge in [-0.25, -0.2) is 0 Å². The molecule has 1 heterocycles. The number of aliphatic imine (C=N–C) groups is 1. The van der Waals surface area contributed by atoms with Crippen LogP contribution >= 0.6 is 24.0 Å². The van der Waals surface area contributed by atoms with Crippen molar-refractivity contribution in [2.45, 2.75) is 50.6 Å². The molecule has 7 nitrogen and oxygen atoms in total. The first kappa shape index (κ1) is 24.7. The van der Waals surface area contributed by atoms with Gasteiger partial charge >= 0.3 is 0 Å². The zero-order chi connectivity index (χ0) is 20.5. The summed E-state index contributed by atoms with van der Waals surface area (Å²) in [6.07, 6.45) is 6.11. The van der Waals surface area contributed by atoms with Crippen molar-refractivity contribution in [2.75, 3.05) is 40.3 Å². The minimum atomic E-state index is 0. The van der Waals surface area contributed by atoms with Gasteiger partial charge in [-0.15, -0.1) is 24.0 Å². The molecule has 1 aromatic rings. The van der Waals surface area contributed by atoms with E-state index in [1.54, 1.807) is 14.2 Å². The molecule has 1 aliphatic heterocycles. The summed E-state index contributed by atoms with van der Waals surface area (Å²) in [5.41, 5.74) is 1.26. The van der Waals surface area contributed by atoms with E-state index < -0.39 is 0 Å². The number of nitrogens with one attached hydrogen (secondary N) is 3. The van der Waals surface area contributed by atoms with Crippen molar-refractivity contribution in [2.24, 2.45) is 4.99 Å². The third kappa shape index (κ3) is 7.94. The number of methoxy groups -OCH3 is 1. The lowest BCUT2D eigenvalue weighted by Gasteiger charge is -2.29. The second-order valence-electron chi connectivity index (χ2n) is 7.86. The Balaban J connectivity index is 0.00000320. The van der Waals surface area contributed by atoms with Gasteiger partial charge in [0.05, 0.1) is 13.2 Å². The highest BCUT2D eigenvalue weighted by atomic mass is 127. The molecule has 3 rings (SSSR count). The lowest BCUT2D eigenvalue weighted by atomic mass is 10.1. The fourth-order valence-electron chi connectivity index (χ4n) is 3.76. The number of ether oxygens (including phenoxy) is 1. The van der Waals surface area contributed by atoms with E-state index in [0.29, 0.717) is 12.5 Å². The number of guanidine groups is 1. The van der Waals surface area contributed by atoms with Crippen molar-refractivity contribution >= 4 is 35.8 Å². The van der Waals surface area contributed by atoms with Gasteiger partial charge in [0, 0.05) is 32.6 Å². The first-order valence-electron chi connectivity index (χ1n) is 10.8. The molecule has 1 unspecified atom stereocenters. The normalized spacial score (nSPS) is 17.7. The van der Waals surface area contributed by atoms with Gasteiger partial charge in [-0.1, -0.05) is 12.1 Å².